The van der Waals surface area contributed by atoms with Crippen molar-refractivity contribution in [2.24, 2.45) is 0 Å². The molecule has 0 fully saturated rings. The number of likely N-dealkylation sites (N-methyl/N-ethyl adjacent to an activating group) is 1. The van der Waals surface area contributed by atoms with Crippen LogP contribution in [0, 0.1) is 0 Å². The zero-order valence-electron chi connectivity index (χ0n) is 22.2. The molecule has 0 amide bonds. The van der Waals surface area contributed by atoms with E-state index in [0.717, 1.165) is 18.7 Å². The van der Waals surface area contributed by atoms with Crippen LogP contribution in [0.15, 0.2) is 52.3 Å². The second-order valence-corrected chi connectivity index (χ2v) is 13.2. The van der Waals surface area contributed by atoms with E-state index in [0.29, 0.717) is 0 Å². The number of unbranched alkanes of at least 4 members (excludes halogenated alkanes) is 1. The molecule has 2 aromatic rings. The quantitative estimate of drug-likeness (QED) is 0.174. The Morgan fingerprint density at radius 2 is 1.91 bits per heavy atom. The van der Waals surface area contributed by atoms with Crippen molar-refractivity contribution in [3.8, 4) is 0 Å². The molecule has 0 saturated carbocycles. The Balaban J connectivity index is 2.08. The molecular weight excluding hydrogens is 493 g/mol. The number of anilines is 2. The van der Waals surface area contributed by atoms with Crippen LogP contribution in [0.1, 0.15) is 58.9 Å². The molecule has 1 aliphatic heterocycles. The van der Waals surface area contributed by atoms with Crippen LogP contribution < -0.4 is 4.90 Å². The van der Waals surface area contributed by atoms with E-state index in [2.05, 4.69) is 78.8 Å². The standard InChI is InChI=1S/C28H40N2O2S3/c1-8-10-16-28(9-2)20-30(22-14-12-11-13-15-22)23-18-24(33-7)21(17-25(23)35-29(28)5)19-34-27(3,4)26(31)32-6/h11-15,17-18H,8-10,16,19-20H2,1-7H3. The smallest absolute Gasteiger partial charge is 0.321 e. The van der Waals surface area contributed by atoms with Crippen molar-refractivity contribution in [2.75, 3.05) is 31.9 Å². The maximum absolute atomic E-state index is 12.3. The molecule has 0 N–H and O–H groups in total. The Morgan fingerprint density at radius 1 is 1.20 bits per heavy atom. The summed E-state index contributed by atoms with van der Waals surface area (Å²) in [6.07, 6.45) is 6.83. The zero-order valence-corrected chi connectivity index (χ0v) is 24.7. The average Bonchev–Trinajstić information content (AvgIpc) is 2.99. The summed E-state index contributed by atoms with van der Waals surface area (Å²) in [5.74, 6) is 0.576. The molecule has 0 saturated heterocycles. The van der Waals surface area contributed by atoms with Gasteiger partial charge in [-0.25, -0.2) is 4.31 Å². The van der Waals surface area contributed by atoms with Gasteiger partial charge in [0.15, 0.2) is 0 Å². The number of thioether (sulfide) groups is 2. The number of hydrogen-bond donors (Lipinski definition) is 0. The molecule has 0 radical (unpaired) electrons. The maximum Gasteiger partial charge on any atom is 0.321 e. The van der Waals surface area contributed by atoms with Gasteiger partial charge in [-0.1, -0.05) is 44.9 Å². The van der Waals surface area contributed by atoms with Crippen LogP contribution in [0.5, 0.6) is 0 Å². The molecule has 7 heteroatoms. The lowest BCUT2D eigenvalue weighted by Crippen LogP contribution is -2.49. The zero-order chi connectivity index (χ0) is 25.6. The predicted molar refractivity (Wildman–Crippen MR) is 155 cm³/mol. The molecule has 0 aliphatic carbocycles. The summed E-state index contributed by atoms with van der Waals surface area (Å²) < 4.78 is 6.95. The molecule has 35 heavy (non-hydrogen) atoms. The van der Waals surface area contributed by atoms with Gasteiger partial charge < -0.3 is 9.64 Å². The lowest BCUT2D eigenvalue weighted by Gasteiger charge is -2.42. The Hall–Kier alpha value is -1.28. The molecule has 3 rings (SSSR count). The van der Waals surface area contributed by atoms with Gasteiger partial charge in [-0.3, -0.25) is 4.79 Å². The second-order valence-electron chi connectivity index (χ2n) is 9.61. The van der Waals surface area contributed by atoms with Crippen molar-refractivity contribution in [3.63, 3.8) is 0 Å². The number of fused-ring (bicyclic) bond motifs is 1. The van der Waals surface area contributed by atoms with Crippen LogP contribution in [-0.4, -0.2) is 47.5 Å². The van der Waals surface area contributed by atoms with Crippen molar-refractivity contribution in [1.29, 1.82) is 0 Å². The van der Waals surface area contributed by atoms with Crippen molar-refractivity contribution < 1.29 is 9.53 Å². The highest BCUT2D eigenvalue weighted by Crippen LogP contribution is 2.48. The molecule has 4 nitrogen and oxygen atoms in total. The number of carbonyl (C=O) groups is 1. The highest BCUT2D eigenvalue weighted by Gasteiger charge is 2.39. The Kier molecular flexibility index (Phi) is 9.95. The lowest BCUT2D eigenvalue weighted by atomic mass is 9.88. The minimum atomic E-state index is -0.589. The molecule has 0 bridgehead atoms. The second kappa shape index (κ2) is 12.3. The average molecular weight is 533 g/mol. The van der Waals surface area contributed by atoms with Gasteiger partial charge in [0.05, 0.1) is 12.8 Å². The summed E-state index contributed by atoms with van der Waals surface area (Å²) >= 11 is 5.29. The van der Waals surface area contributed by atoms with Crippen LogP contribution >= 0.6 is 35.5 Å². The predicted octanol–water partition coefficient (Wildman–Crippen LogP) is 8.02. The number of esters is 1. The van der Waals surface area contributed by atoms with Crippen LogP contribution in [0.4, 0.5) is 11.4 Å². The van der Waals surface area contributed by atoms with Crippen molar-refractivity contribution in [3.05, 3.63) is 48.0 Å². The Morgan fingerprint density at radius 3 is 2.51 bits per heavy atom. The molecular formula is C28H40N2O2S3. The fourth-order valence-corrected chi connectivity index (χ4v) is 7.45. The highest BCUT2D eigenvalue weighted by molar-refractivity contribution is 8.01. The number of methoxy groups -OCH3 is 1. The van der Waals surface area contributed by atoms with Gasteiger partial charge in [-0.2, -0.15) is 0 Å². The van der Waals surface area contributed by atoms with E-state index in [-0.39, 0.29) is 11.5 Å². The summed E-state index contributed by atoms with van der Waals surface area (Å²) in [5, 5.41) is 0. The van der Waals surface area contributed by atoms with Crippen molar-refractivity contribution >= 4 is 52.8 Å². The fraction of sp³-hybridized carbons (Fsp3) is 0.536. The van der Waals surface area contributed by atoms with E-state index in [1.54, 1.807) is 23.5 Å². The number of benzene rings is 2. The number of nitrogens with zero attached hydrogens (tertiary/aromatic N) is 2. The van der Waals surface area contributed by atoms with E-state index in [1.807, 2.05) is 25.8 Å². The van der Waals surface area contributed by atoms with Crippen LogP contribution in [-0.2, 0) is 15.3 Å². The maximum atomic E-state index is 12.3. The van der Waals surface area contributed by atoms with E-state index in [1.165, 1.54) is 53.1 Å². The molecule has 2 aromatic carbocycles. The van der Waals surface area contributed by atoms with E-state index < -0.39 is 4.75 Å². The first-order valence-electron chi connectivity index (χ1n) is 12.4. The normalized spacial score (nSPS) is 18.8. The number of ether oxygens (including phenoxy) is 1. The first-order valence-corrected chi connectivity index (χ1v) is 15.4. The van der Waals surface area contributed by atoms with Crippen LogP contribution in [0.25, 0.3) is 0 Å². The first kappa shape index (κ1) is 28.3. The highest BCUT2D eigenvalue weighted by atomic mass is 32.2. The molecule has 0 spiro atoms. The summed E-state index contributed by atoms with van der Waals surface area (Å²) in [4.78, 5) is 17.3. The number of rotatable bonds is 10. The summed E-state index contributed by atoms with van der Waals surface area (Å²) in [6, 6.07) is 15.5. The Bertz CT molecular complexity index is 999. The SMILES string of the molecule is CCCCC1(CC)CN(c2ccccc2)c2cc(SC)c(CSC(C)(C)C(=O)OC)cc2SN1C. The lowest BCUT2D eigenvalue weighted by molar-refractivity contribution is -0.142. The summed E-state index contributed by atoms with van der Waals surface area (Å²) in [5.41, 5.74) is 3.85. The third-order valence-electron chi connectivity index (χ3n) is 7.00. The van der Waals surface area contributed by atoms with Crippen molar-refractivity contribution in [1.82, 2.24) is 4.31 Å². The van der Waals surface area contributed by atoms with Gasteiger partial charge in [0.1, 0.15) is 4.75 Å². The summed E-state index contributed by atoms with van der Waals surface area (Å²) in [6.45, 7) is 9.45. The molecule has 0 aromatic heterocycles. The number of carbonyl (C=O) groups excluding carboxylic acids is 1. The number of hydrogen-bond acceptors (Lipinski definition) is 7. The molecule has 192 valence electrons. The third-order valence-corrected chi connectivity index (χ3v) is 10.3. The van der Waals surface area contributed by atoms with Gasteiger partial charge in [-0.15, -0.1) is 23.5 Å². The van der Waals surface area contributed by atoms with E-state index in [4.69, 9.17) is 4.74 Å². The molecule has 1 atom stereocenters. The largest absolute Gasteiger partial charge is 0.468 e. The van der Waals surface area contributed by atoms with E-state index in [9.17, 15) is 4.79 Å². The van der Waals surface area contributed by atoms with Gasteiger partial charge in [0, 0.05) is 33.3 Å². The van der Waals surface area contributed by atoms with Gasteiger partial charge in [-0.05, 0) is 81.8 Å². The minimum absolute atomic E-state index is 0.0802. The number of para-hydroxylation sites is 1. The van der Waals surface area contributed by atoms with Gasteiger partial charge in [0.2, 0.25) is 0 Å². The van der Waals surface area contributed by atoms with Crippen LogP contribution in [0.3, 0.4) is 0 Å². The molecule has 1 aliphatic rings. The fourth-order valence-electron chi connectivity index (χ4n) is 4.56. The minimum Gasteiger partial charge on any atom is -0.468 e. The third kappa shape index (κ3) is 6.35. The molecule has 1 heterocycles. The molecule has 1 unspecified atom stereocenters. The van der Waals surface area contributed by atoms with Gasteiger partial charge >= 0.3 is 5.97 Å². The topological polar surface area (TPSA) is 32.8 Å². The first-order chi connectivity index (χ1) is 16.7. The van der Waals surface area contributed by atoms with E-state index >= 15 is 0 Å². The summed E-state index contributed by atoms with van der Waals surface area (Å²) in [7, 11) is 3.73. The van der Waals surface area contributed by atoms with Crippen LogP contribution in [0.2, 0.25) is 0 Å². The van der Waals surface area contributed by atoms with Crippen molar-refractivity contribution in [2.45, 2.75) is 79.2 Å². The monoisotopic (exact) mass is 532 g/mol. The Labute approximate surface area is 225 Å². The van der Waals surface area contributed by atoms with Gasteiger partial charge in [0.25, 0.3) is 0 Å².